The molecule has 2 aromatic carbocycles. The van der Waals surface area contributed by atoms with Crippen molar-refractivity contribution in [2.75, 3.05) is 4.90 Å². The van der Waals surface area contributed by atoms with E-state index in [1.54, 1.807) is 11.0 Å². The number of fused-ring (bicyclic) bond motifs is 2. The van der Waals surface area contributed by atoms with E-state index in [0.717, 1.165) is 22.0 Å². The molecule has 0 aliphatic carbocycles. The zero-order valence-electron chi connectivity index (χ0n) is 17.5. The molecule has 5 unspecified atom stereocenters. The molecular weight excluding hydrogens is 390 g/mol. The van der Waals surface area contributed by atoms with Crippen LogP contribution in [0.15, 0.2) is 79.4 Å². The van der Waals surface area contributed by atoms with Gasteiger partial charge in [0.2, 0.25) is 5.91 Å². The molecule has 1 spiro atoms. The summed E-state index contributed by atoms with van der Waals surface area (Å²) in [4.78, 5) is 28.1. The van der Waals surface area contributed by atoms with Crippen molar-refractivity contribution >= 4 is 28.3 Å². The summed E-state index contributed by atoms with van der Waals surface area (Å²) >= 11 is 0. The van der Waals surface area contributed by atoms with Crippen molar-refractivity contribution in [3.63, 3.8) is 0 Å². The van der Waals surface area contributed by atoms with Gasteiger partial charge in [-0.15, -0.1) is 13.2 Å². The summed E-state index contributed by atoms with van der Waals surface area (Å²) in [5.74, 6) is -2.92. The third kappa shape index (κ3) is 2.41. The lowest BCUT2D eigenvalue weighted by Crippen LogP contribution is -2.58. The molecule has 3 aliphatic rings. The number of carboxylic acid groups (broad SMARTS) is 1. The number of carbonyl (C=O) groups excluding carboxylic acids is 1. The Kier molecular flexibility index (Phi) is 4.25. The zero-order chi connectivity index (χ0) is 22.0. The van der Waals surface area contributed by atoms with Gasteiger partial charge in [-0.1, -0.05) is 60.2 Å². The number of amides is 1. The SMILES string of the molecule is C=CCC1(CC(=C)C)N(c2cccc3ccccc23)C(=O)C2C(C(=O)O)C3C=CC21O3. The number of hydrogen-bond acceptors (Lipinski definition) is 3. The Morgan fingerprint density at radius 2 is 2.00 bits per heavy atom. The highest BCUT2D eigenvalue weighted by atomic mass is 16.5. The Bertz CT molecular complexity index is 1160. The summed E-state index contributed by atoms with van der Waals surface area (Å²) in [6.07, 6.45) is 5.87. The lowest BCUT2D eigenvalue weighted by atomic mass is 9.66. The van der Waals surface area contributed by atoms with Gasteiger partial charge in [-0.05, 0) is 31.2 Å². The molecule has 0 aromatic heterocycles. The largest absolute Gasteiger partial charge is 0.481 e. The molecule has 2 bridgehead atoms. The van der Waals surface area contributed by atoms with Crippen molar-refractivity contribution in [1.29, 1.82) is 0 Å². The Labute approximate surface area is 181 Å². The first-order valence-electron chi connectivity index (χ1n) is 10.5. The molecule has 1 amide bonds. The molecule has 3 aliphatic heterocycles. The van der Waals surface area contributed by atoms with Gasteiger partial charge in [0.1, 0.15) is 11.5 Å². The minimum Gasteiger partial charge on any atom is -0.481 e. The second-order valence-electron chi connectivity index (χ2n) is 8.91. The number of benzene rings is 2. The molecule has 5 rings (SSSR count). The molecule has 2 aromatic rings. The maximum atomic E-state index is 14.1. The van der Waals surface area contributed by atoms with E-state index in [-0.39, 0.29) is 5.91 Å². The van der Waals surface area contributed by atoms with Gasteiger partial charge >= 0.3 is 5.97 Å². The maximum Gasteiger partial charge on any atom is 0.310 e. The van der Waals surface area contributed by atoms with Crippen molar-refractivity contribution in [2.24, 2.45) is 11.8 Å². The van der Waals surface area contributed by atoms with Crippen LogP contribution >= 0.6 is 0 Å². The van der Waals surface area contributed by atoms with E-state index in [0.29, 0.717) is 12.8 Å². The van der Waals surface area contributed by atoms with E-state index >= 15 is 0 Å². The van der Waals surface area contributed by atoms with Crippen molar-refractivity contribution in [2.45, 2.75) is 37.0 Å². The molecular formula is C26H25NO4. The van der Waals surface area contributed by atoms with Crippen LogP contribution in [0.3, 0.4) is 0 Å². The number of aliphatic carboxylic acids is 1. The van der Waals surface area contributed by atoms with Crippen LogP contribution in [0.2, 0.25) is 0 Å². The summed E-state index contributed by atoms with van der Waals surface area (Å²) in [6, 6.07) is 13.8. The number of carbonyl (C=O) groups is 2. The fourth-order valence-electron chi connectivity index (χ4n) is 6.10. The molecule has 2 fully saturated rings. The molecule has 2 saturated heterocycles. The van der Waals surface area contributed by atoms with Crippen LogP contribution in [0, 0.1) is 11.8 Å². The lowest BCUT2D eigenvalue weighted by Gasteiger charge is -2.46. The Morgan fingerprint density at radius 3 is 2.71 bits per heavy atom. The summed E-state index contributed by atoms with van der Waals surface area (Å²) in [6.45, 7) is 10.0. The highest BCUT2D eigenvalue weighted by molar-refractivity contribution is 6.10. The normalized spacial score (nSPS) is 33.1. The van der Waals surface area contributed by atoms with Gasteiger partial charge in [0, 0.05) is 5.39 Å². The van der Waals surface area contributed by atoms with E-state index in [1.165, 1.54) is 0 Å². The second-order valence-corrected chi connectivity index (χ2v) is 8.91. The van der Waals surface area contributed by atoms with E-state index in [1.807, 2.05) is 61.5 Å². The highest BCUT2D eigenvalue weighted by Crippen LogP contribution is 2.63. The van der Waals surface area contributed by atoms with Crippen molar-refractivity contribution < 1.29 is 19.4 Å². The number of anilines is 1. The molecule has 31 heavy (non-hydrogen) atoms. The smallest absolute Gasteiger partial charge is 0.310 e. The Hall–Kier alpha value is -3.18. The minimum absolute atomic E-state index is 0.210. The third-order valence-electron chi connectivity index (χ3n) is 7.05. The van der Waals surface area contributed by atoms with Crippen LogP contribution < -0.4 is 4.90 Å². The molecule has 0 saturated carbocycles. The van der Waals surface area contributed by atoms with Crippen LogP contribution in [-0.4, -0.2) is 34.2 Å². The molecule has 5 heteroatoms. The van der Waals surface area contributed by atoms with Crippen molar-refractivity contribution in [3.8, 4) is 0 Å². The Balaban J connectivity index is 1.82. The minimum atomic E-state index is -1.04. The van der Waals surface area contributed by atoms with Crippen LogP contribution in [0.5, 0.6) is 0 Å². The predicted octanol–water partition coefficient (Wildman–Crippen LogP) is 4.49. The van der Waals surface area contributed by atoms with E-state index in [4.69, 9.17) is 4.74 Å². The van der Waals surface area contributed by atoms with Crippen LogP contribution in [0.1, 0.15) is 19.8 Å². The maximum absolute atomic E-state index is 14.1. The summed E-state index contributed by atoms with van der Waals surface area (Å²) in [5.41, 5.74) is -0.224. The first-order valence-corrected chi connectivity index (χ1v) is 10.5. The predicted molar refractivity (Wildman–Crippen MR) is 120 cm³/mol. The molecule has 3 heterocycles. The average Bonchev–Trinajstić information content (AvgIpc) is 3.36. The van der Waals surface area contributed by atoms with E-state index in [2.05, 4.69) is 13.2 Å². The van der Waals surface area contributed by atoms with Gasteiger partial charge in [-0.3, -0.25) is 9.59 Å². The van der Waals surface area contributed by atoms with Gasteiger partial charge in [0.15, 0.2) is 0 Å². The lowest BCUT2D eigenvalue weighted by molar-refractivity contribution is -0.146. The zero-order valence-corrected chi connectivity index (χ0v) is 17.5. The number of ether oxygens (including phenoxy) is 1. The van der Waals surface area contributed by atoms with Crippen LogP contribution in [0.4, 0.5) is 5.69 Å². The highest BCUT2D eigenvalue weighted by Gasteiger charge is 2.77. The Morgan fingerprint density at radius 1 is 1.26 bits per heavy atom. The van der Waals surface area contributed by atoms with E-state index < -0.39 is 35.0 Å². The van der Waals surface area contributed by atoms with E-state index in [9.17, 15) is 14.7 Å². The molecule has 1 N–H and O–H groups in total. The van der Waals surface area contributed by atoms with Gasteiger partial charge in [0.25, 0.3) is 0 Å². The molecule has 5 nitrogen and oxygen atoms in total. The third-order valence-corrected chi connectivity index (χ3v) is 7.05. The van der Waals surface area contributed by atoms with Crippen LogP contribution in [0.25, 0.3) is 10.8 Å². The summed E-state index contributed by atoms with van der Waals surface area (Å²) < 4.78 is 6.42. The number of hydrogen-bond donors (Lipinski definition) is 1. The average molecular weight is 415 g/mol. The fourth-order valence-corrected chi connectivity index (χ4v) is 6.10. The first kappa shape index (κ1) is 19.8. The first-order chi connectivity index (χ1) is 14.9. The molecule has 5 atom stereocenters. The quantitative estimate of drug-likeness (QED) is 0.706. The number of nitrogens with zero attached hydrogens (tertiary/aromatic N) is 1. The second kappa shape index (κ2) is 6.66. The number of carboxylic acids is 1. The van der Waals surface area contributed by atoms with Crippen LogP contribution in [-0.2, 0) is 14.3 Å². The molecule has 158 valence electrons. The fraction of sp³-hybridized carbons (Fsp3) is 0.308. The van der Waals surface area contributed by atoms with Crippen molar-refractivity contribution in [1.82, 2.24) is 0 Å². The topological polar surface area (TPSA) is 66.8 Å². The van der Waals surface area contributed by atoms with Gasteiger partial charge < -0.3 is 14.7 Å². The van der Waals surface area contributed by atoms with Crippen molar-refractivity contribution in [3.05, 3.63) is 79.4 Å². The summed E-state index contributed by atoms with van der Waals surface area (Å²) in [7, 11) is 0. The molecule has 0 radical (unpaired) electrons. The van der Waals surface area contributed by atoms with Gasteiger partial charge in [-0.25, -0.2) is 0 Å². The standard InChI is InChI=1S/C26H25NO4/c1-4-13-25(15-16(2)3)26-14-12-20(31-26)21(24(29)30)22(26)23(28)27(25)19-11-7-9-17-8-5-6-10-18(17)19/h4-12,14,20-22H,1-2,13,15H2,3H3,(H,29,30). The summed E-state index contributed by atoms with van der Waals surface area (Å²) in [5, 5.41) is 11.9. The monoisotopic (exact) mass is 415 g/mol. The number of rotatable bonds is 6. The van der Waals surface area contributed by atoms with Gasteiger partial charge in [-0.2, -0.15) is 0 Å². The van der Waals surface area contributed by atoms with Gasteiger partial charge in [0.05, 0.1) is 23.2 Å².